The Balaban J connectivity index is 1.42. The second-order valence-electron chi connectivity index (χ2n) is 8.02. The number of carbonyl (C=O) groups is 1. The molecule has 1 aliphatic heterocycles. The minimum atomic E-state index is -0.347. The summed E-state index contributed by atoms with van der Waals surface area (Å²) in [6.45, 7) is 3.24. The third-order valence-corrected chi connectivity index (χ3v) is 5.86. The maximum absolute atomic E-state index is 13.4. The van der Waals surface area contributed by atoms with Gasteiger partial charge in [0.25, 0.3) is 5.91 Å². The Morgan fingerprint density at radius 3 is 2.90 bits per heavy atom. The lowest BCUT2D eigenvalue weighted by Gasteiger charge is -2.36. The second kappa shape index (κ2) is 9.39. The van der Waals surface area contributed by atoms with E-state index in [4.69, 9.17) is 0 Å². The van der Waals surface area contributed by atoms with Crippen LogP contribution in [0.2, 0.25) is 0 Å². The average Bonchev–Trinajstić information content (AvgIpc) is 2.78. The number of benzene rings is 1. The van der Waals surface area contributed by atoms with Gasteiger partial charge in [0, 0.05) is 43.4 Å². The zero-order chi connectivity index (χ0) is 21.8. The maximum Gasteiger partial charge on any atom is 0.253 e. The number of pyridine rings is 2. The number of amides is 1. The first-order chi connectivity index (χ1) is 15.0. The van der Waals surface area contributed by atoms with E-state index in [1.54, 1.807) is 25.3 Å². The van der Waals surface area contributed by atoms with Crippen LogP contribution in [-0.4, -0.2) is 40.2 Å². The number of nitrogens with zero attached hydrogens (tertiary/aromatic N) is 3. The van der Waals surface area contributed by atoms with Crippen molar-refractivity contribution >= 4 is 22.6 Å². The summed E-state index contributed by atoms with van der Waals surface area (Å²) in [4.78, 5) is 23.9. The lowest BCUT2D eigenvalue weighted by atomic mass is 9.99. The van der Waals surface area contributed by atoms with Gasteiger partial charge in [-0.3, -0.25) is 9.78 Å². The molecule has 0 aliphatic carbocycles. The molecule has 3 heterocycles. The number of carbonyl (C=O) groups excluding carboxylic acids is 1. The smallest absolute Gasteiger partial charge is 0.253 e. The van der Waals surface area contributed by atoms with E-state index >= 15 is 0 Å². The quantitative estimate of drug-likeness (QED) is 0.633. The van der Waals surface area contributed by atoms with Crippen LogP contribution < -0.4 is 10.2 Å². The lowest BCUT2D eigenvalue weighted by molar-refractivity contribution is 0.0950. The van der Waals surface area contributed by atoms with E-state index in [0.717, 1.165) is 42.6 Å². The van der Waals surface area contributed by atoms with Crippen molar-refractivity contribution in [2.24, 2.45) is 0 Å². The van der Waals surface area contributed by atoms with Crippen molar-refractivity contribution in [3.8, 4) is 0 Å². The molecular formula is C24H27FN4O2. The Labute approximate surface area is 181 Å². The fourth-order valence-electron chi connectivity index (χ4n) is 4.19. The van der Waals surface area contributed by atoms with E-state index < -0.39 is 0 Å². The highest BCUT2D eigenvalue weighted by atomic mass is 19.1. The van der Waals surface area contributed by atoms with Crippen LogP contribution in [0.15, 0.2) is 42.6 Å². The number of fused-ring (bicyclic) bond motifs is 1. The summed E-state index contributed by atoms with van der Waals surface area (Å²) >= 11 is 0. The fourth-order valence-corrected chi connectivity index (χ4v) is 4.19. The van der Waals surface area contributed by atoms with E-state index in [1.165, 1.54) is 18.6 Å². The van der Waals surface area contributed by atoms with E-state index in [1.807, 2.05) is 12.1 Å². The first kappa shape index (κ1) is 21.2. The van der Waals surface area contributed by atoms with Gasteiger partial charge in [-0.05, 0) is 62.4 Å². The van der Waals surface area contributed by atoms with Crippen LogP contribution in [-0.2, 0) is 6.54 Å². The van der Waals surface area contributed by atoms with Crippen LogP contribution in [0.1, 0.15) is 47.3 Å². The van der Waals surface area contributed by atoms with Gasteiger partial charge >= 0.3 is 0 Å². The zero-order valence-electron chi connectivity index (χ0n) is 17.6. The molecule has 1 aliphatic rings. The number of rotatable bonds is 6. The van der Waals surface area contributed by atoms with E-state index in [0.29, 0.717) is 29.4 Å². The summed E-state index contributed by atoms with van der Waals surface area (Å²) in [7, 11) is 0. The molecule has 0 radical (unpaired) electrons. The van der Waals surface area contributed by atoms with Crippen LogP contribution >= 0.6 is 0 Å². The number of aliphatic hydroxyl groups is 1. The summed E-state index contributed by atoms with van der Waals surface area (Å²) in [6, 6.07) is 10.4. The molecule has 3 aromatic rings. The number of aryl methyl sites for hydroxylation is 1. The van der Waals surface area contributed by atoms with Gasteiger partial charge in [-0.25, -0.2) is 9.37 Å². The summed E-state index contributed by atoms with van der Waals surface area (Å²) in [5.74, 6) is 0.342. The molecule has 31 heavy (non-hydrogen) atoms. The van der Waals surface area contributed by atoms with Gasteiger partial charge in [0.15, 0.2) is 0 Å². The third kappa shape index (κ3) is 4.82. The van der Waals surface area contributed by atoms with Crippen LogP contribution in [0.5, 0.6) is 0 Å². The van der Waals surface area contributed by atoms with Crippen LogP contribution in [0.3, 0.4) is 0 Å². The molecule has 162 valence electrons. The molecule has 6 nitrogen and oxygen atoms in total. The van der Waals surface area contributed by atoms with Crippen LogP contribution in [0.4, 0.5) is 10.2 Å². The molecule has 2 aromatic heterocycles. The van der Waals surface area contributed by atoms with Gasteiger partial charge in [0.1, 0.15) is 11.6 Å². The normalized spacial score (nSPS) is 16.5. The Morgan fingerprint density at radius 2 is 2.13 bits per heavy atom. The van der Waals surface area contributed by atoms with Crippen molar-refractivity contribution in [1.82, 2.24) is 15.3 Å². The predicted octanol–water partition coefficient (Wildman–Crippen LogP) is 3.75. The largest absolute Gasteiger partial charge is 0.396 e. The van der Waals surface area contributed by atoms with E-state index in [2.05, 4.69) is 20.2 Å². The Morgan fingerprint density at radius 1 is 1.26 bits per heavy atom. The lowest BCUT2D eigenvalue weighted by Crippen LogP contribution is -2.40. The van der Waals surface area contributed by atoms with Gasteiger partial charge in [-0.15, -0.1) is 0 Å². The molecule has 2 N–H and O–H groups in total. The van der Waals surface area contributed by atoms with Gasteiger partial charge in [0.2, 0.25) is 0 Å². The van der Waals surface area contributed by atoms with Gasteiger partial charge in [-0.1, -0.05) is 6.07 Å². The third-order valence-electron chi connectivity index (χ3n) is 5.86. The highest BCUT2D eigenvalue weighted by molar-refractivity contribution is 5.98. The molecule has 4 rings (SSSR count). The topological polar surface area (TPSA) is 78.4 Å². The molecule has 1 aromatic carbocycles. The van der Waals surface area contributed by atoms with Crippen molar-refractivity contribution in [3.63, 3.8) is 0 Å². The van der Waals surface area contributed by atoms with Crippen molar-refractivity contribution in [1.29, 1.82) is 0 Å². The maximum atomic E-state index is 13.4. The molecular weight excluding hydrogens is 395 g/mol. The standard InChI is InChI=1S/C24H27FN4O2/c1-16-21(12-18-6-7-19(25)13-22(18)28-16)24(31)27-15-17-5-8-23(26-14-17)29-10-3-2-4-20(29)9-11-30/h5-8,12-14,20,30H,2-4,9-11,15H2,1H3,(H,27,31)/t20-/m0/s1. The van der Waals surface area contributed by atoms with Crippen molar-refractivity contribution in [2.75, 3.05) is 18.1 Å². The molecule has 1 saturated heterocycles. The molecule has 1 amide bonds. The SMILES string of the molecule is Cc1nc2cc(F)ccc2cc1C(=O)NCc1ccc(N2CCCC[C@H]2CCO)nc1. The van der Waals surface area contributed by atoms with E-state index in [-0.39, 0.29) is 18.3 Å². The summed E-state index contributed by atoms with van der Waals surface area (Å²) in [5, 5.41) is 13.0. The molecule has 0 unspecified atom stereocenters. The number of aliphatic hydroxyl groups excluding tert-OH is 1. The Hall–Kier alpha value is -3.06. The Bertz CT molecular complexity index is 1070. The summed E-state index contributed by atoms with van der Waals surface area (Å²) in [6.07, 6.45) is 5.93. The summed E-state index contributed by atoms with van der Waals surface area (Å²) < 4.78 is 13.4. The highest BCUT2D eigenvalue weighted by Gasteiger charge is 2.23. The molecule has 7 heteroatoms. The van der Waals surface area contributed by atoms with Crippen molar-refractivity contribution in [2.45, 2.75) is 45.2 Å². The molecule has 0 spiro atoms. The second-order valence-corrected chi connectivity index (χ2v) is 8.02. The number of halogens is 1. The van der Waals surface area contributed by atoms with Crippen LogP contribution in [0.25, 0.3) is 10.9 Å². The number of nitrogens with one attached hydrogen (secondary N) is 1. The van der Waals surface area contributed by atoms with Gasteiger partial charge in [0.05, 0.1) is 16.8 Å². The predicted molar refractivity (Wildman–Crippen MR) is 119 cm³/mol. The number of piperidine rings is 1. The van der Waals surface area contributed by atoms with Crippen molar-refractivity contribution < 1.29 is 14.3 Å². The minimum absolute atomic E-state index is 0.184. The molecule has 1 fully saturated rings. The zero-order valence-corrected chi connectivity index (χ0v) is 17.6. The van der Waals surface area contributed by atoms with E-state index in [9.17, 15) is 14.3 Å². The molecule has 0 bridgehead atoms. The first-order valence-electron chi connectivity index (χ1n) is 10.7. The van der Waals surface area contributed by atoms with Crippen LogP contribution in [0, 0.1) is 12.7 Å². The van der Waals surface area contributed by atoms with Gasteiger partial charge < -0.3 is 15.3 Å². The van der Waals surface area contributed by atoms with Crippen molar-refractivity contribution in [3.05, 3.63) is 65.2 Å². The Kier molecular flexibility index (Phi) is 6.42. The number of hydrogen-bond donors (Lipinski definition) is 2. The first-order valence-corrected chi connectivity index (χ1v) is 10.7. The molecule has 1 atom stereocenters. The minimum Gasteiger partial charge on any atom is -0.396 e. The number of hydrogen-bond acceptors (Lipinski definition) is 5. The average molecular weight is 423 g/mol. The molecule has 0 saturated carbocycles. The fraction of sp³-hybridized carbons (Fsp3) is 0.375. The number of anilines is 1. The monoisotopic (exact) mass is 422 g/mol. The summed E-state index contributed by atoms with van der Waals surface area (Å²) in [5.41, 5.74) is 2.47. The highest BCUT2D eigenvalue weighted by Crippen LogP contribution is 2.25. The van der Waals surface area contributed by atoms with Gasteiger partial charge in [-0.2, -0.15) is 0 Å². The number of aromatic nitrogens is 2.